The Kier molecular flexibility index (Phi) is 6.17. The van der Waals surface area contributed by atoms with E-state index in [4.69, 9.17) is 5.73 Å². The molecule has 9 heteroatoms. The summed E-state index contributed by atoms with van der Waals surface area (Å²) in [4.78, 5) is 47.2. The van der Waals surface area contributed by atoms with Crippen LogP contribution >= 0.6 is 0 Å². The van der Waals surface area contributed by atoms with Gasteiger partial charge in [-0.25, -0.2) is 14.3 Å². The van der Waals surface area contributed by atoms with Gasteiger partial charge in [0.05, 0.1) is 16.8 Å². The van der Waals surface area contributed by atoms with Crippen molar-refractivity contribution in [1.82, 2.24) is 20.0 Å². The number of nitrogen functional groups attached to an aromatic ring is 1. The number of nitrogens with one attached hydrogen (secondary N) is 2. The number of fused-ring (bicyclic) bond motifs is 1. The van der Waals surface area contributed by atoms with Crippen molar-refractivity contribution in [3.63, 3.8) is 0 Å². The van der Waals surface area contributed by atoms with Gasteiger partial charge in [-0.2, -0.15) is 4.98 Å². The Morgan fingerprint density at radius 2 is 1.57 bits per heavy atom. The van der Waals surface area contributed by atoms with Crippen LogP contribution in [0.3, 0.4) is 0 Å². The third-order valence-corrected chi connectivity index (χ3v) is 5.92. The first-order valence-electron chi connectivity index (χ1n) is 11.4. The topological polar surface area (TPSA) is 132 Å². The summed E-state index contributed by atoms with van der Waals surface area (Å²) in [5, 5.41) is 0.403. The highest BCUT2D eigenvalue weighted by atomic mass is 16.2. The van der Waals surface area contributed by atoms with Gasteiger partial charge < -0.3 is 5.73 Å². The molecule has 4 N–H and O–H groups in total. The average molecular weight is 491 g/mol. The SMILES string of the molecule is Cc1nc2c(c(NNC(=O)c3ccc(N)cc3)nc(=O)n2-c2ccccc2)c(-c2ccccc2)c1C=O. The smallest absolute Gasteiger partial charge is 0.355 e. The number of benzene rings is 3. The number of amides is 1. The van der Waals surface area contributed by atoms with Gasteiger partial charge in [0, 0.05) is 22.4 Å². The minimum Gasteiger partial charge on any atom is -0.399 e. The van der Waals surface area contributed by atoms with Crippen molar-refractivity contribution in [3.8, 4) is 16.8 Å². The lowest BCUT2D eigenvalue weighted by Crippen LogP contribution is -2.32. The first kappa shape index (κ1) is 23.4. The van der Waals surface area contributed by atoms with Gasteiger partial charge >= 0.3 is 5.69 Å². The number of aryl methyl sites for hydroxylation is 1. The van der Waals surface area contributed by atoms with Gasteiger partial charge in [0.15, 0.2) is 17.8 Å². The molecule has 9 nitrogen and oxygen atoms in total. The van der Waals surface area contributed by atoms with E-state index in [-0.39, 0.29) is 11.5 Å². The third kappa shape index (κ3) is 4.41. The molecule has 5 rings (SSSR count). The van der Waals surface area contributed by atoms with Gasteiger partial charge in [0.1, 0.15) is 0 Å². The second kappa shape index (κ2) is 9.74. The summed E-state index contributed by atoms with van der Waals surface area (Å²) in [6.07, 6.45) is 0.735. The molecule has 0 aliphatic heterocycles. The maximum Gasteiger partial charge on any atom is 0.355 e. The second-order valence-electron chi connectivity index (χ2n) is 8.28. The van der Waals surface area contributed by atoms with E-state index in [1.54, 1.807) is 55.5 Å². The Morgan fingerprint density at radius 3 is 2.22 bits per heavy atom. The van der Waals surface area contributed by atoms with Crippen molar-refractivity contribution in [2.45, 2.75) is 6.92 Å². The van der Waals surface area contributed by atoms with Crippen molar-refractivity contribution in [3.05, 3.63) is 112 Å². The molecule has 0 spiro atoms. The number of aromatic nitrogens is 3. The van der Waals surface area contributed by atoms with Crippen LogP contribution in [0.25, 0.3) is 27.8 Å². The van der Waals surface area contributed by atoms with Crippen LogP contribution in [0.4, 0.5) is 11.5 Å². The van der Waals surface area contributed by atoms with Crippen LogP contribution in [-0.4, -0.2) is 26.7 Å². The van der Waals surface area contributed by atoms with Crippen LogP contribution in [0.15, 0.2) is 89.7 Å². The Labute approximate surface area is 211 Å². The summed E-state index contributed by atoms with van der Waals surface area (Å²) in [7, 11) is 0. The lowest BCUT2D eigenvalue weighted by molar-refractivity contribution is 0.0962. The number of para-hydroxylation sites is 1. The highest BCUT2D eigenvalue weighted by molar-refractivity contribution is 6.08. The fourth-order valence-corrected chi connectivity index (χ4v) is 4.15. The molecule has 0 atom stereocenters. The predicted octanol–water partition coefficient (Wildman–Crippen LogP) is 3.91. The zero-order chi connectivity index (χ0) is 25.9. The van der Waals surface area contributed by atoms with Crippen molar-refractivity contribution >= 4 is 34.7 Å². The molecule has 0 aliphatic rings. The minimum absolute atomic E-state index is 0.0606. The lowest BCUT2D eigenvalue weighted by Gasteiger charge is -2.19. The highest BCUT2D eigenvalue weighted by Crippen LogP contribution is 2.35. The number of hydrogen-bond acceptors (Lipinski definition) is 7. The van der Waals surface area contributed by atoms with Crippen LogP contribution < -0.4 is 22.3 Å². The standard InChI is InChI=1S/C28H22N6O3/c1-17-22(16-35)23(18-8-4-2-5-9-18)24-25(32-33-27(36)19-12-14-20(29)15-13-19)31-28(37)34(26(24)30-17)21-10-6-3-7-11-21/h2-16H,29H2,1H3,(H,33,36)(H,31,32,37). The molecule has 5 aromatic rings. The molecule has 0 fully saturated rings. The summed E-state index contributed by atoms with van der Waals surface area (Å²) in [5.74, 6) is -0.399. The summed E-state index contributed by atoms with van der Waals surface area (Å²) in [6, 6.07) is 24.6. The fourth-order valence-electron chi connectivity index (χ4n) is 4.15. The molecule has 0 aliphatic carbocycles. The summed E-state index contributed by atoms with van der Waals surface area (Å²) in [6.45, 7) is 1.71. The van der Waals surface area contributed by atoms with Gasteiger partial charge in [0.2, 0.25) is 0 Å². The van der Waals surface area contributed by atoms with Crippen LogP contribution in [0.5, 0.6) is 0 Å². The van der Waals surface area contributed by atoms with Gasteiger partial charge in [-0.1, -0.05) is 48.5 Å². The van der Waals surface area contributed by atoms with Gasteiger partial charge in [-0.3, -0.25) is 20.4 Å². The van der Waals surface area contributed by atoms with Gasteiger partial charge in [-0.15, -0.1) is 0 Å². The normalized spacial score (nSPS) is 10.7. The first-order chi connectivity index (χ1) is 18.0. The van der Waals surface area contributed by atoms with Crippen molar-refractivity contribution in [2.24, 2.45) is 0 Å². The second-order valence-corrected chi connectivity index (χ2v) is 8.28. The molecule has 0 bridgehead atoms. The Balaban J connectivity index is 1.76. The molecule has 1 amide bonds. The quantitative estimate of drug-likeness (QED) is 0.187. The molecule has 37 heavy (non-hydrogen) atoms. The van der Waals surface area contributed by atoms with E-state index in [9.17, 15) is 14.4 Å². The maximum atomic E-state index is 13.3. The van der Waals surface area contributed by atoms with Crippen LogP contribution in [0.2, 0.25) is 0 Å². The molecular weight excluding hydrogens is 468 g/mol. The number of anilines is 2. The zero-order valence-electron chi connectivity index (χ0n) is 19.8. The van der Waals surface area contributed by atoms with Crippen molar-refractivity contribution in [1.29, 1.82) is 0 Å². The van der Waals surface area contributed by atoms with E-state index in [0.29, 0.717) is 39.1 Å². The molecule has 3 aromatic carbocycles. The van der Waals surface area contributed by atoms with Crippen LogP contribution in [-0.2, 0) is 0 Å². The zero-order valence-corrected chi connectivity index (χ0v) is 19.8. The van der Waals surface area contributed by atoms with E-state index >= 15 is 0 Å². The predicted molar refractivity (Wildman–Crippen MR) is 143 cm³/mol. The number of rotatable bonds is 6. The van der Waals surface area contributed by atoms with E-state index < -0.39 is 11.6 Å². The van der Waals surface area contributed by atoms with Crippen molar-refractivity contribution < 1.29 is 9.59 Å². The Morgan fingerprint density at radius 1 is 0.919 bits per heavy atom. The maximum absolute atomic E-state index is 13.3. The van der Waals surface area contributed by atoms with E-state index in [2.05, 4.69) is 20.8 Å². The monoisotopic (exact) mass is 490 g/mol. The fraction of sp³-hybridized carbons (Fsp3) is 0.0357. The summed E-state index contributed by atoms with van der Waals surface area (Å²) < 4.78 is 1.39. The summed E-state index contributed by atoms with van der Waals surface area (Å²) >= 11 is 0. The number of aldehydes is 1. The van der Waals surface area contributed by atoms with Gasteiger partial charge in [-0.05, 0) is 48.9 Å². The van der Waals surface area contributed by atoms with E-state index in [0.717, 1.165) is 11.8 Å². The highest BCUT2D eigenvalue weighted by Gasteiger charge is 2.22. The lowest BCUT2D eigenvalue weighted by atomic mass is 9.96. The van der Waals surface area contributed by atoms with Crippen LogP contribution in [0.1, 0.15) is 26.4 Å². The molecule has 182 valence electrons. The number of carbonyl (C=O) groups is 2. The summed E-state index contributed by atoms with van der Waals surface area (Å²) in [5.41, 5.74) is 14.3. The number of nitrogens with zero attached hydrogens (tertiary/aromatic N) is 3. The minimum atomic E-state index is -0.604. The molecular formula is C28H22N6O3. The Bertz CT molecular complexity index is 1680. The average Bonchev–Trinajstić information content (AvgIpc) is 2.92. The number of carbonyl (C=O) groups excluding carboxylic acids is 2. The van der Waals surface area contributed by atoms with E-state index in [1.807, 2.05) is 36.4 Å². The Hall–Kier alpha value is -5.31. The molecule has 0 saturated carbocycles. The van der Waals surface area contributed by atoms with Crippen molar-refractivity contribution in [2.75, 3.05) is 11.2 Å². The third-order valence-electron chi connectivity index (χ3n) is 5.92. The van der Waals surface area contributed by atoms with Crippen LogP contribution in [0, 0.1) is 6.92 Å². The first-order valence-corrected chi connectivity index (χ1v) is 11.4. The molecule has 0 unspecified atom stereocenters. The molecule has 2 aromatic heterocycles. The largest absolute Gasteiger partial charge is 0.399 e. The van der Waals surface area contributed by atoms with E-state index in [1.165, 1.54) is 4.57 Å². The number of nitrogens with two attached hydrogens (primary N) is 1. The molecule has 0 radical (unpaired) electrons. The molecule has 0 saturated heterocycles. The number of hydrogen-bond donors (Lipinski definition) is 3. The van der Waals surface area contributed by atoms with Gasteiger partial charge in [0.25, 0.3) is 5.91 Å². The number of hydrazine groups is 1. The number of pyridine rings is 1. The molecule has 2 heterocycles.